The van der Waals surface area contributed by atoms with Crippen molar-refractivity contribution in [1.29, 1.82) is 0 Å². The minimum atomic E-state index is -0.352. The number of hydroxylamine groups is 2. The topological polar surface area (TPSA) is 12.5 Å². The molecule has 0 radical (unpaired) electrons. The van der Waals surface area contributed by atoms with Crippen molar-refractivity contribution in [2.75, 3.05) is 0 Å². The second-order valence-corrected chi connectivity index (χ2v) is 8.58. The standard InChI is InChI=1S/C23H30FNO/c1-22(2)15-10-16-23(3,4)25(22)26-21(17-18-11-6-5-7-12-18)19-13-8-9-14-20(19)24/h5-9,11-14,21H,10,15-17H2,1-4H3. The summed E-state index contributed by atoms with van der Waals surface area (Å²) in [5.41, 5.74) is 1.60. The van der Waals surface area contributed by atoms with Crippen LogP contribution in [0.15, 0.2) is 54.6 Å². The van der Waals surface area contributed by atoms with Crippen LogP contribution in [-0.2, 0) is 11.3 Å². The van der Waals surface area contributed by atoms with Crippen molar-refractivity contribution in [2.45, 2.75) is 70.6 Å². The zero-order chi connectivity index (χ0) is 18.8. The summed E-state index contributed by atoms with van der Waals surface area (Å²) < 4.78 is 14.6. The first kappa shape index (κ1) is 19.1. The predicted molar refractivity (Wildman–Crippen MR) is 104 cm³/mol. The van der Waals surface area contributed by atoms with Gasteiger partial charge in [-0.2, -0.15) is 5.06 Å². The van der Waals surface area contributed by atoms with Gasteiger partial charge in [0.2, 0.25) is 0 Å². The van der Waals surface area contributed by atoms with Crippen molar-refractivity contribution in [2.24, 2.45) is 0 Å². The van der Waals surface area contributed by atoms with Gasteiger partial charge in [0, 0.05) is 23.1 Å². The van der Waals surface area contributed by atoms with Crippen molar-refractivity contribution >= 4 is 0 Å². The first-order chi connectivity index (χ1) is 12.3. The lowest BCUT2D eigenvalue weighted by molar-refractivity contribution is -0.307. The van der Waals surface area contributed by atoms with Crippen LogP contribution in [0.25, 0.3) is 0 Å². The Bertz CT molecular complexity index is 710. The van der Waals surface area contributed by atoms with Gasteiger partial charge < -0.3 is 0 Å². The van der Waals surface area contributed by atoms with Crippen LogP contribution >= 0.6 is 0 Å². The molecule has 0 spiro atoms. The minimum absolute atomic E-state index is 0.0814. The van der Waals surface area contributed by atoms with Gasteiger partial charge in [-0.15, -0.1) is 0 Å². The maximum absolute atomic E-state index is 14.6. The average Bonchev–Trinajstić information content (AvgIpc) is 2.58. The number of nitrogens with zero attached hydrogens (tertiary/aromatic N) is 1. The van der Waals surface area contributed by atoms with Crippen molar-refractivity contribution in [3.63, 3.8) is 0 Å². The Hall–Kier alpha value is -1.71. The van der Waals surface area contributed by atoms with E-state index in [0.29, 0.717) is 12.0 Å². The number of rotatable bonds is 5. The first-order valence-electron chi connectivity index (χ1n) is 9.55. The third-order valence-electron chi connectivity index (χ3n) is 5.43. The summed E-state index contributed by atoms with van der Waals surface area (Å²) in [5, 5.41) is 2.13. The molecule has 26 heavy (non-hydrogen) atoms. The largest absolute Gasteiger partial charge is 0.289 e. The molecule has 1 saturated heterocycles. The molecule has 1 atom stereocenters. The maximum atomic E-state index is 14.6. The Balaban J connectivity index is 1.94. The summed E-state index contributed by atoms with van der Waals surface area (Å²) >= 11 is 0. The second kappa shape index (κ2) is 7.50. The molecule has 140 valence electrons. The number of hydrogen-bond donors (Lipinski definition) is 0. The highest BCUT2D eigenvalue weighted by atomic mass is 19.1. The van der Waals surface area contributed by atoms with Gasteiger partial charge in [0.05, 0.1) is 0 Å². The molecule has 0 saturated carbocycles. The molecule has 0 bridgehead atoms. The van der Waals surface area contributed by atoms with E-state index in [1.165, 1.54) is 12.5 Å². The van der Waals surface area contributed by atoms with E-state index in [2.05, 4.69) is 44.9 Å². The van der Waals surface area contributed by atoms with Crippen molar-refractivity contribution < 1.29 is 9.23 Å². The molecular formula is C23H30FNO. The van der Waals surface area contributed by atoms with Crippen LogP contribution in [0.5, 0.6) is 0 Å². The van der Waals surface area contributed by atoms with E-state index in [1.807, 2.05) is 30.3 Å². The van der Waals surface area contributed by atoms with Gasteiger partial charge in [-0.25, -0.2) is 4.39 Å². The molecule has 1 fully saturated rings. The summed E-state index contributed by atoms with van der Waals surface area (Å²) in [4.78, 5) is 6.59. The molecule has 3 heteroatoms. The molecule has 2 nitrogen and oxygen atoms in total. The summed E-state index contributed by atoms with van der Waals surface area (Å²) in [6.45, 7) is 8.87. The second-order valence-electron chi connectivity index (χ2n) is 8.58. The Morgan fingerprint density at radius 1 is 0.923 bits per heavy atom. The van der Waals surface area contributed by atoms with E-state index in [1.54, 1.807) is 6.07 Å². The summed E-state index contributed by atoms with van der Waals surface area (Å²) in [6.07, 6.45) is 3.63. The molecule has 0 N–H and O–H groups in total. The molecule has 1 aliphatic rings. The lowest BCUT2D eigenvalue weighted by Crippen LogP contribution is -2.58. The minimum Gasteiger partial charge on any atom is -0.289 e. The highest BCUT2D eigenvalue weighted by Gasteiger charge is 2.44. The van der Waals surface area contributed by atoms with Gasteiger partial charge in [-0.1, -0.05) is 48.5 Å². The fourth-order valence-electron chi connectivity index (χ4n) is 4.16. The lowest BCUT2D eigenvalue weighted by atomic mass is 9.82. The van der Waals surface area contributed by atoms with Gasteiger partial charge in [0.15, 0.2) is 0 Å². The van der Waals surface area contributed by atoms with E-state index >= 15 is 0 Å². The van der Waals surface area contributed by atoms with Crippen LogP contribution in [0.1, 0.15) is 64.2 Å². The van der Waals surface area contributed by atoms with E-state index < -0.39 is 0 Å². The zero-order valence-corrected chi connectivity index (χ0v) is 16.3. The molecule has 2 aromatic rings. The van der Waals surface area contributed by atoms with Crippen LogP contribution in [0.4, 0.5) is 4.39 Å². The Labute approximate surface area is 156 Å². The maximum Gasteiger partial charge on any atom is 0.129 e. The van der Waals surface area contributed by atoms with E-state index in [-0.39, 0.29) is 23.0 Å². The average molecular weight is 355 g/mol. The zero-order valence-electron chi connectivity index (χ0n) is 16.3. The summed E-state index contributed by atoms with van der Waals surface area (Å²) in [6, 6.07) is 17.1. The molecule has 1 aliphatic heterocycles. The Morgan fingerprint density at radius 2 is 1.50 bits per heavy atom. The summed E-state index contributed by atoms with van der Waals surface area (Å²) in [7, 11) is 0. The molecular weight excluding hydrogens is 325 g/mol. The number of piperidine rings is 1. The monoisotopic (exact) mass is 355 g/mol. The predicted octanol–water partition coefficient (Wildman–Crippen LogP) is 6.08. The van der Waals surface area contributed by atoms with Crippen molar-refractivity contribution in [1.82, 2.24) is 5.06 Å². The third-order valence-corrected chi connectivity index (χ3v) is 5.43. The van der Waals surface area contributed by atoms with Crippen LogP contribution in [0.2, 0.25) is 0 Å². The van der Waals surface area contributed by atoms with Crippen LogP contribution in [0.3, 0.4) is 0 Å². The fourth-order valence-corrected chi connectivity index (χ4v) is 4.16. The summed E-state index contributed by atoms with van der Waals surface area (Å²) in [5.74, 6) is -0.207. The SMILES string of the molecule is CC1(C)CCCC(C)(C)N1OC(Cc1ccccc1)c1ccccc1F. The van der Waals surface area contributed by atoms with Gasteiger partial charge in [0.25, 0.3) is 0 Å². The highest BCUT2D eigenvalue weighted by Crippen LogP contribution is 2.41. The lowest BCUT2D eigenvalue weighted by Gasteiger charge is -2.52. The smallest absolute Gasteiger partial charge is 0.129 e. The third kappa shape index (κ3) is 4.16. The fraction of sp³-hybridized carbons (Fsp3) is 0.478. The molecule has 3 rings (SSSR count). The molecule has 1 unspecified atom stereocenters. The Morgan fingerprint density at radius 3 is 2.12 bits per heavy atom. The first-order valence-corrected chi connectivity index (χ1v) is 9.55. The van der Waals surface area contributed by atoms with Gasteiger partial charge in [-0.05, 0) is 58.6 Å². The van der Waals surface area contributed by atoms with Gasteiger partial charge >= 0.3 is 0 Å². The van der Waals surface area contributed by atoms with E-state index in [9.17, 15) is 4.39 Å². The van der Waals surface area contributed by atoms with Crippen LogP contribution in [-0.4, -0.2) is 16.1 Å². The van der Waals surface area contributed by atoms with Gasteiger partial charge in [-0.3, -0.25) is 4.84 Å². The molecule has 0 aromatic heterocycles. The van der Waals surface area contributed by atoms with Gasteiger partial charge in [0.1, 0.15) is 11.9 Å². The van der Waals surface area contributed by atoms with E-state index in [4.69, 9.17) is 4.84 Å². The Kier molecular flexibility index (Phi) is 5.50. The van der Waals surface area contributed by atoms with E-state index in [0.717, 1.165) is 18.4 Å². The normalized spacial score (nSPS) is 20.7. The molecule has 2 aromatic carbocycles. The quantitative estimate of drug-likeness (QED) is 0.644. The highest BCUT2D eigenvalue weighted by molar-refractivity contribution is 5.24. The molecule has 0 aliphatic carbocycles. The number of benzene rings is 2. The number of hydrogen-bond acceptors (Lipinski definition) is 2. The van der Waals surface area contributed by atoms with Crippen LogP contribution < -0.4 is 0 Å². The molecule has 1 heterocycles. The molecule has 0 amide bonds. The van der Waals surface area contributed by atoms with Crippen LogP contribution in [0, 0.1) is 5.82 Å². The number of halogens is 1. The van der Waals surface area contributed by atoms with Crippen molar-refractivity contribution in [3.8, 4) is 0 Å². The van der Waals surface area contributed by atoms with Crippen molar-refractivity contribution in [3.05, 3.63) is 71.5 Å².